The van der Waals surface area contributed by atoms with Gasteiger partial charge in [-0.2, -0.15) is 5.26 Å². The summed E-state index contributed by atoms with van der Waals surface area (Å²) in [5.74, 6) is -0.632. The molecule has 7 rings (SSSR count). The zero-order valence-electron chi connectivity index (χ0n) is 20.2. The van der Waals surface area contributed by atoms with Crippen LogP contribution in [0.15, 0.2) is 102 Å². The summed E-state index contributed by atoms with van der Waals surface area (Å²) in [5.41, 5.74) is 8.29. The number of benzene rings is 3. The number of Topliss-reactive ketones (excluding diaryl/α,β-unsaturated/α-hetero) is 2. The van der Waals surface area contributed by atoms with Crippen molar-refractivity contribution in [1.82, 2.24) is 0 Å². The van der Waals surface area contributed by atoms with Gasteiger partial charge >= 0.3 is 0 Å². The molecule has 4 aliphatic rings. The third kappa shape index (κ3) is 2.39. The van der Waals surface area contributed by atoms with Gasteiger partial charge in [0.05, 0.1) is 0 Å². The molecular weight excluding hydrogens is 462 g/mol. The average Bonchev–Trinajstić information content (AvgIpc) is 3.40. The number of allylic oxidation sites excluding steroid dienone is 1. The molecule has 0 bridgehead atoms. The van der Waals surface area contributed by atoms with Gasteiger partial charge in [0, 0.05) is 34.5 Å². The first-order valence-electron chi connectivity index (χ1n) is 12.4. The molecule has 6 heteroatoms. The van der Waals surface area contributed by atoms with E-state index in [0.29, 0.717) is 23.1 Å². The summed E-state index contributed by atoms with van der Waals surface area (Å²) in [6, 6.07) is 27.3. The van der Waals surface area contributed by atoms with Crippen molar-refractivity contribution in [3.05, 3.63) is 124 Å². The van der Waals surface area contributed by atoms with E-state index in [2.05, 4.69) is 6.07 Å². The Morgan fingerprint density at radius 2 is 1.68 bits per heavy atom. The lowest BCUT2D eigenvalue weighted by atomic mass is 9.65. The Kier molecular flexibility index (Phi) is 4.21. The summed E-state index contributed by atoms with van der Waals surface area (Å²) in [6.07, 6.45) is 0.768. The third-order valence-corrected chi connectivity index (χ3v) is 8.34. The van der Waals surface area contributed by atoms with Gasteiger partial charge in [0.15, 0.2) is 17.0 Å². The predicted octanol–water partition coefficient (Wildman–Crippen LogP) is 4.98. The molecule has 0 amide bonds. The van der Waals surface area contributed by atoms with Crippen LogP contribution in [-0.4, -0.2) is 11.6 Å². The molecule has 37 heavy (non-hydrogen) atoms. The number of nitrogens with zero attached hydrogens (tertiary/aromatic N) is 2. The number of ether oxygens (including phenoxy) is 1. The minimum atomic E-state index is -1.64. The van der Waals surface area contributed by atoms with Crippen LogP contribution >= 0.6 is 0 Å². The van der Waals surface area contributed by atoms with Gasteiger partial charge in [-0.05, 0) is 37.0 Å². The standard InChI is InChI=1S/C31H23N3O3/c1-18-11-13-21(14-12-18)34-25-15-20(19-7-3-2-4-8-19)16-26(35)27(25)30-24(17-32)29(33)37-31(30,34)23-10-6-5-9-22(23)28(30)36/h2-14,20H,15-16,33H2,1H3/t20?,30-,31-/m0/s1. The van der Waals surface area contributed by atoms with Crippen LogP contribution in [0.25, 0.3) is 0 Å². The first-order chi connectivity index (χ1) is 17.9. The SMILES string of the molecule is Cc1ccc(N2C3=C(C(=O)CC(c4ccccc4)C3)[C@@]34C(=O)c5ccccc5[C@@]23OC(N)=C4C#N)cc1. The van der Waals surface area contributed by atoms with Gasteiger partial charge in [0.25, 0.3) is 0 Å². The topological polar surface area (TPSA) is 96.4 Å². The Hall–Kier alpha value is -4.63. The summed E-state index contributed by atoms with van der Waals surface area (Å²) >= 11 is 0. The molecule has 180 valence electrons. The second kappa shape index (κ2) is 7.21. The van der Waals surface area contributed by atoms with Gasteiger partial charge < -0.3 is 15.4 Å². The van der Waals surface area contributed by atoms with E-state index in [9.17, 15) is 14.9 Å². The zero-order chi connectivity index (χ0) is 25.5. The molecule has 6 nitrogen and oxygen atoms in total. The Labute approximate surface area is 214 Å². The van der Waals surface area contributed by atoms with Crippen molar-refractivity contribution in [3.8, 4) is 6.07 Å². The second-order valence-electron chi connectivity index (χ2n) is 10.2. The normalized spacial score (nSPS) is 27.5. The first-order valence-corrected chi connectivity index (χ1v) is 12.4. The molecule has 0 aromatic heterocycles. The maximum atomic E-state index is 14.4. The number of carbonyl (C=O) groups is 2. The van der Waals surface area contributed by atoms with E-state index in [1.807, 2.05) is 78.6 Å². The van der Waals surface area contributed by atoms with Crippen LogP contribution < -0.4 is 10.6 Å². The summed E-state index contributed by atoms with van der Waals surface area (Å²) in [5, 5.41) is 10.3. The van der Waals surface area contributed by atoms with Crippen LogP contribution in [0.1, 0.15) is 45.8 Å². The lowest BCUT2D eigenvalue weighted by Gasteiger charge is -2.42. The molecule has 1 unspecified atom stereocenters. The summed E-state index contributed by atoms with van der Waals surface area (Å²) in [7, 11) is 0. The fourth-order valence-electron chi connectivity index (χ4n) is 6.93. The molecule has 2 aliphatic carbocycles. The van der Waals surface area contributed by atoms with Crippen molar-refractivity contribution in [2.24, 2.45) is 11.1 Å². The third-order valence-electron chi connectivity index (χ3n) is 8.34. The summed E-state index contributed by atoms with van der Waals surface area (Å²) < 4.78 is 6.51. The molecule has 0 saturated carbocycles. The molecule has 2 aliphatic heterocycles. The van der Waals surface area contributed by atoms with Gasteiger partial charge in [-0.25, -0.2) is 0 Å². The molecule has 3 aromatic carbocycles. The highest BCUT2D eigenvalue weighted by molar-refractivity contribution is 6.20. The van der Waals surface area contributed by atoms with Crippen molar-refractivity contribution in [2.75, 3.05) is 4.90 Å². The molecule has 3 atom stereocenters. The summed E-state index contributed by atoms with van der Waals surface area (Å²) in [4.78, 5) is 30.6. The van der Waals surface area contributed by atoms with Crippen molar-refractivity contribution < 1.29 is 14.3 Å². The molecule has 0 spiro atoms. The minimum absolute atomic E-state index is 0.0160. The number of carbonyl (C=O) groups excluding carboxylic acids is 2. The molecule has 2 heterocycles. The maximum Gasteiger partial charge on any atom is 0.238 e. The van der Waals surface area contributed by atoms with Gasteiger partial charge in [-0.15, -0.1) is 0 Å². The van der Waals surface area contributed by atoms with Crippen LogP contribution in [-0.2, 0) is 15.3 Å². The Balaban J connectivity index is 1.57. The van der Waals surface area contributed by atoms with E-state index in [1.54, 1.807) is 12.1 Å². The second-order valence-corrected chi connectivity index (χ2v) is 10.2. The Morgan fingerprint density at radius 3 is 2.41 bits per heavy atom. The number of nitriles is 1. The number of anilines is 1. The minimum Gasteiger partial charge on any atom is -0.446 e. The van der Waals surface area contributed by atoms with Crippen molar-refractivity contribution in [3.63, 3.8) is 0 Å². The van der Waals surface area contributed by atoms with Crippen LogP contribution in [0.2, 0.25) is 0 Å². The zero-order valence-corrected chi connectivity index (χ0v) is 20.2. The number of hydrogen-bond donors (Lipinski definition) is 1. The molecule has 0 fully saturated rings. The highest BCUT2D eigenvalue weighted by atomic mass is 16.5. The van der Waals surface area contributed by atoms with E-state index >= 15 is 0 Å². The fraction of sp³-hybridized carbons (Fsp3) is 0.194. The van der Waals surface area contributed by atoms with Gasteiger partial charge in [0.2, 0.25) is 11.6 Å². The fourth-order valence-corrected chi connectivity index (χ4v) is 6.93. The van der Waals surface area contributed by atoms with E-state index in [-0.39, 0.29) is 35.4 Å². The van der Waals surface area contributed by atoms with E-state index in [1.165, 1.54) is 0 Å². The van der Waals surface area contributed by atoms with E-state index in [0.717, 1.165) is 22.5 Å². The Morgan fingerprint density at radius 1 is 0.973 bits per heavy atom. The van der Waals surface area contributed by atoms with Gasteiger partial charge in [0.1, 0.15) is 11.6 Å². The van der Waals surface area contributed by atoms with Crippen molar-refractivity contribution in [2.45, 2.75) is 31.4 Å². The molecule has 3 aromatic rings. The monoisotopic (exact) mass is 485 g/mol. The number of fused-ring (bicyclic) bond motifs is 1. The van der Waals surface area contributed by atoms with Crippen LogP contribution in [0.4, 0.5) is 5.69 Å². The van der Waals surface area contributed by atoms with Crippen LogP contribution in [0, 0.1) is 23.7 Å². The number of nitrogens with two attached hydrogens (primary N) is 1. The number of ketones is 2. The maximum absolute atomic E-state index is 14.4. The average molecular weight is 486 g/mol. The molecule has 0 radical (unpaired) electrons. The highest BCUT2D eigenvalue weighted by Gasteiger charge is 2.81. The van der Waals surface area contributed by atoms with Gasteiger partial charge in [-0.3, -0.25) is 9.59 Å². The van der Waals surface area contributed by atoms with Crippen molar-refractivity contribution >= 4 is 17.3 Å². The molecular formula is C31H23N3O3. The lowest BCUT2D eigenvalue weighted by molar-refractivity contribution is -0.117. The molecule has 2 N–H and O–H groups in total. The lowest BCUT2D eigenvalue weighted by Crippen LogP contribution is -2.52. The van der Waals surface area contributed by atoms with Crippen molar-refractivity contribution in [1.29, 1.82) is 5.26 Å². The number of rotatable bonds is 2. The molecule has 0 saturated heterocycles. The van der Waals surface area contributed by atoms with Gasteiger partial charge in [-0.1, -0.05) is 72.3 Å². The number of aryl methyl sites for hydroxylation is 1. The number of hydrogen-bond acceptors (Lipinski definition) is 6. The quantitative estimate of drug-likeness (QED) is 0.550. The smallest absolute Gasteiger partial charge is 0.238 e. The Bertz CT molecular complexity index is 1630. The van der Waals surface area contributed by atoms with Crippen LogP contribution in [0.5, 0.6) is 0 Å². The predicted molar refractivity (Wildman–Crippen MR) is 137 cm³/mol. The summed E-state index contributed by atoms with van der Waals surface area (Å²) in [6.45, 7) is 2.00. The first kappa shape index (κ1) is 21.6. The van der Waals surface area contributed by atoms with Crippen LogP contribution in [0.3, 0.4) is 0 Å². The van der Waals surface area contributed by atoms with E-state index in [4.69, 9.17) is 10.5 Å². The largest absolute Gasteiger partial charge is 0.446 e. The van der Waals surface area contributed by atoms with E-state index < -0.39 is 11.1 Å². The highest BCUT2D eigenvalue weighted by Crippen LogP contribution is 2.72.